The number of fused-ring (bicyclic) bond motifs is 1. The van der Waals surface area contributed by atoms with Gasteiger partial charge in [-0.05, 0) is 57.1 Å². The van der Waals surface area contributed by atoms with Crippen LogP contribution in [0.15, 0.2) is 16.9 Å². The highest BCUT2D eigenvalue weighted by Gasteiger charge is 2.25. The Morgan fingerprint density at radius 1 is 1.00 bits per heavy atom. The van der Waals surface area contributed by atoms with Gasteiger partial charge in [0, 0.05) is 18.7 Å². The molecule has 0 atom stereocenters. The van der Waals surface area contributed by atoms with Gasteiger partial charge in [0.15, 0.2) is 0 Å². The lowest BCUT2D eigenvalue weighted by molar-refractivity contribution is 0.210. The fourth-order valence-electron chi connectivity index (χ4n) is 3.93. The van der Waals surface area contributed by atoms with Crippen LogP contribution >= 0.6 is 23.2 Å². The normalized spacial score (nSPS) is 18.0. The summed E-state index contributed by atoms with van der Waals surface area (Å²) in [4.78, 5) is 12.9. The van der Waals surface area contributed by atoms with E-state index in [2.05, 4.69) is 0 Å². The maximum absolute atomic E-state index is 14.7. The summed E-state index contributed by atoms with van der Waals surface area (Å²) in [5.41, 5.74) is 0.0921. The van der Waals surface area contributed by atoms with E-state index in [4.69, 9.17) is 27.9 Å². The zero-order valence-electron chi connectivity index (χ0n) is 14.4. The molecule has 7 heteroatoms. The molecular formula is C19H21Cl2FN2O2. The summed E-state index contributed by atoms with van der Waals surface area (Å²) in [6.07, 6.45) is 7.18. The van der Waals surface area contributed by atoms with Gasteiger partial charge < -0.3 is 4.74 Å². The molecule has 1 aromatic heterocycles. The summed E-state index contributed by atoms with van der Waals surface area (Å²) in [6.45, 7) is 1.26. The molecule has 0 bridgehead atoms. The third kappa shape index (κ3) is 3.16. The van der Waals surface area contributed by atoms with E-state index in [1.807, 2.05) is 0 Å². The standard InChI is InChI=1S/C19H21Cl2FN2O2/c20-14-11-15(22)13(10-16(14)26-12-6-2-3-7-12)17-18(21)23-8-4-1-5-9-24(23)19(17)25/h10-12H,1-9H2. The molecule has 2 aliphatic rings. The molecule has 4 nitrogen and oxygen atoms in total. The number of benzene rings is 1. The SMILES string of the molecule is O=c1c(-c2cc(OC3CCCC3)c(Cl)cc2F)c(Cl)n2n1CCCCC2. The number of hydrogen-bond donors (Lipinski definition) is 0. The molecule has 0 amide bonds. The van der Waals surface area contributed by atoms with Gasteiger partial charge in [-0.2, -0.15) is 0 Å². The minimum absolute atomic E-state index is 0.0909. The van der Waals surface area contributed by atoms with Crippen molar-refractivity contribution in [3.8, 4) is 16.9 Å². The van der Waals surface area contributed by atoms with Crippen molar-refractivity contribution in [2.75, 3.05) is 0 Å². The Labute approximate surface area is 161 Å². The molecule has 1 aliphatic carbocycles. The van der Waals surface area contributed by atoms with Crippen molar-refractivity contribution >= 4 is 23.2 Å². The number of rotatable bonds is 3. The predicted octanol–water partition coefficient (Wildman–Crippen LogP) is 5.27. The number of aromatic nitrogens is 2. The quantitative estimate of drug-likeness (QED) is 0.705. The van der Waals surface area contributed by atoms with Crippen LogP contribution in [-0.2, 0) is 13.1 Å². The minimum Gasteiger partial charge on any atom is -0.489 e. The van der Waals surface area contributed by atoms with E-state index in [9.17, 15) is 9.18 Å². The summed E-state index contributed by atoms with van der Waals surface area (Å²) in [5.74, 6) is -0.147. The van der Waals surface area contributed by atoms with Gasteiger partial charge in [-0.15, -0.1) is 0 Å². The fraction of sp³-hybridized carbons (Fsp3) is 0.526. The molecule has 2 heterocycles. The minimum atomic E-state index is -0.561. The average Bonchev–Trinajstić information content (AvgIpc) is 3.09. The van der Waals surface area contributed by atoms with Crippen molar-refractivity contribution in [2.45, 2.75) is 64.1 Å². The van der Waals surface area contributed by atoms with Crippen LogP contribution in [0.5, 0.6) is 5.75 Å². The molecule has 0 saturated heterocycles. The van der Waals surface area contributed by atoms with Crippen molar-refractivity contribution < 1.29 is 9.13 Å². The zero-order valence-corrected chi connectivity index (χ0v) is 16.0. The van der Waals surface area contributed by atoms with Crippen molar-refractivity contribution in [1.82, 2.24) is 9.36 Å². The maximum atomic E-state index is 14.7. The van der Waals surface area contributed by atoms with Crippen LogP contribution in [-0.4, -0.2) is 15.5 Å². The van der Waals surface area contributed by atoms with E-state index in [0.717, 1.165) is 44.9 Å². The van der Waals surface area contributed by atoms with Gasteiger partial charge in [0.25, 0.3) is 5.56 Å². The van der Waals surface area contributed by atoms with Crippen LogP contribution in [0.3, 0.4) is 0 Å². The Hall–Kier alpha value is -1.46. The Kier molecular flexibility index (Phi) is 5.02. The molecule has 2 aromatic rings. The highest BCUT2D eigenvalue weighted by molar-refractivity contribution is 6.33. The topological polar surface area (TPSA) is 36.2 Å². The number of nitrogens with zero attached hydrogens (tertiary/aromatic N) is 2. The Balaban J connectivity index is 1.79. The first kappa shape index (κ1) is 17.9. The summed E-state index contributed by atoms with van der Waals surface area (Å²) in [7, 11) is 0. The van der Waals surface area contributed by atoms with Crippen molar-refractivity contribution in [3.05, 3.63) is 38.5 Å². The van der Waals surface area contributed by atoms with Crippen LogP contribution in [0.4, 0.5) is 4.39 Å². The summed E-state index contributed by atoms with van der Waals surface area (Å²) >= 11 is 12.7. The van der Waals surface area contributed by atoms with Gasteiger partial charge in [0.2, 0.25) is 0 Å². The molecule has 0 unspecified atom stereocenters. The highest BCUT2D eigenvalue weighted by Crippen LogP contribution is 2.37. The lowest BCUT2D eigenvalue weighted by Crippen LogP contribution is -2.22. The molecular weight excluding hydrogens is 378 g/mol. The van der Waals surface area contributed by atoms with Gasteiger partial charge in [-0.25, -0.2) is 9.07 Å². The summed E-state index contributed by atoms with van der Waals surface area (Å²) < 4.78 is 24.0. The van der Waals surface area contributed by atoms with Crippen LogP contribution in [0.2, 0.25) is 10.2 Å². The molecule has 1 aliphatic heterocycles. The first-order valence-electron chi connectivity index (χ1n) is 9.21. The largest absolute Gasteiger partial charge is 0.489 e. The van der Waals surface area contributed by atoms with Gasteiger partial charge in [0.05, 0.1) is 16.7 Å². The molecule has 1 aromatic carbocycles. The van der Waals surface area contributed by atoms with E-state index < -0.39 is 5.82 Å². The maximum Gasteiger partial charge on any atom is 0.276 e. The van der Waals surface area contributed by atoms with Crippen LogP contribution in [0.25, 0.3) is 11.1 Å². The molecule has 1 fully saturated rings. The van der Waals surface area contributed by atoms with Crippen LogP contribution in [0, 0.1) is 5.82 Å². The second kappa shape index (κ2) is 7.28. The zero-order chi connectivity index (χ0) is 18.3. The second-order valence-electron chi connectivity index (χ2n) is 7.06. The number of ether oxygens (including phenoxy) is 1. The molecule has 1 saturated carbocycles. The Bertz CT molecular complexity index is 885. The molecule has 0 spiro atoms. The summed E-state index contributed by atoms with van der Waals surface area (Å²) in [5, 5.41) is 0.500. The lowest BCUT2D eigenvalue weighted by atomic mass is 10.1. The predicted molar refractivity (Wildman–Crippen MR) is 101 cm³/mol. The van der Waals surface area contributed by atoms with Crippen molar-refractivity contribution in [2.24, 2.45) is 0 Å². The van der Waals surface area contributed by atoms with Gasteiger partial charge >= 0.3 is 0 Å². The number of halogens is 3. The lowest BCUT2D eigenvalue weighted by Gasteiger charge is -2.15. The first-order valence-corrected chi connectivity index (χ1v) is 9.97. The molecule has 140 valence electrons. The van der Waals surface area contributed by atoms with Crippen LogP contribution in [0.1, 0.15) is 44.9 Å². The van der Waals surface area contributed by atoms with E-state index in [0.29, 0.717) is 18.8 Å². The number of hydrogen-bond acceptors (Lipinski definition) is 2. The van der Waals surface area contributed by atoms with Crippen LogP contribution < -0.4 is 10.3 Å². The third-order valence-corrected chi connectivity index (χ3v) is 5.98. The van der Waals surface area contributed by atoms with Crippen molar-refractivity contribution in [3.63, 3.8) is 0 Å². The first-order chi connectivity index (χ1) is 12.6. The molecule has 26 heavy (non-hydrogen) atoms. The fourth-order valence-corrected chi connectivity index (χ4v) is 4.48. The third-order valence-electron chi connectivity index (χ3n) is 5.30. The van der Waals surface area contributed by atoms with E-state index in [1.54, 1.807) is 9.36 Å². The molecule has 4 rings (SSSR count). The van der Waals surface area contributed by atoms with Gasteiger partial charge in [-0.3, -0.25) is 9.48 Å². The Morgan fingerprint density at radius 3 is 2.42 bits per heavy atom. The smallest absolute Gasteiger partial charge is 0.276 e. The van der Waals surface area contributed by atoms with Gasteiger partial charge in [-0.1, -0.05) is 23.2 Å². The van der Waals surface area contributed by atoms with E-state index >= 15 is 0 Å². The molecule has 0 radical (unpaired) electrons. The molecule has 0 N–H and O–H groups in total. The summed E-state index contributed by atoms with van der Waals surface area (Å²) in [6, 6.07) is 2.74. The highest BCUT2D eigenvalue weighted by atomic mass is 35.5. The Morgan fingerprint density at radius 2 is 1.69 bits per heavy atom. The monoisotopic (exact) mass is 398 g/mol. The van der Waals surface area contributed by atoms with E-state index in [1.165, 1.54) is 12.1 Å². The second-order valence-corrected chi connectivity index (χ2v) is 7.83. The van der Waals surface area contributed by atoms with Gasteiger partial charge in [0.1, 0.15) is 16.7 Å². The van der Waals surface area contributed by atoms with Crippen molar-refractivity contribution in [1.29, 1.82) is 0 Å². The van der Waals surface area contributed by atoms with E-state index in [-0.39, 0.29) is 33.0 Å². The average molecular weight is 399 g/mol.